The summed E-state index contributed by atoms with van der Waals surface area (Å²) in [7, 11) is 0. The number of aromatic carboxylic acids is 1. The molecule has 0 aliphatic rings. The van der Waals surface area contributed by atoms with Gasteiger partial charge in [0.15, 0.2) is 0 Å². The molecule has 1 N–H and O–H groups in total. The van der Waals surface area contributed by atoms with Crippen molar-refractivity contribution >= 4 is 5.97 Å². The van der Waals surface area contributed by atoms with E-state index in [1.807, 2.05) is 12.1 Å². The van der Waals surface area contributed by atoms with Gasteiger partial charge in [0.05, 0.1) is 5.69 Å². The molecular formula is C10H8N2O3. The van der Waals surface area contributed by atoms with Crippen LogP contribution in [0.4, 0.5) is 0 Å². The molecule has 0 saturated carbocycles. The maximum absolute atomic E-state index is 10.5. The van der Waals surface area contributed by atoms with Gasteiger partial charge in [-0.3, -0.25) is 4.98 Å². The molecule has 2 heterocycles. The first-order chi connectivity index (χ1) is 7.25. The highest BCUT2D eigenvalue weighted by Gasteiger charge is 2.10. The first kappa shape index (κ1) is 9.39. The molecule has 2 aromatic heterocycles. The molecule has 0 atom stereocenters. The SMILES string of the molecule is O=C(O)c1cc(Cc2cccnc2)no1. The largest absolute Gasteiger partial charge is 0.475 e. The topological polar surface area (TPSA) is 76.2 Å². The van der Waals surface area contributed by atoms with Gasteiger partial charge in [-0.15, -0.1) is 0 Å². The van der Waals surface area contributed by atoms with E-state index >= 15 is 0 Å². The number of carbonyl (C=O) groups is 1. The van der Waals surface area contributed by atoms with E-state index in [0.29, 0.717) is 12.1 Å². The van der Waals surface area contributed by atoms with E-state index in [-0.39, 0.29) is 5.76 Å². The van der Waals surface area contributed by atoms with Crippen molar-refractivity contribution in [2.75, 3.05) is 0 Å². The Hall–Kier alpha value is -2.17. The highest BCUT2D eigenvalue weighted by Crippen LogP contribution is 2.09. The molecule has 0 unspecified atom stereocenters. The lowest BCUT2D eigenvalue weighted by Crippen LogP contribution is -1.92. The van der Waals surface area contributed by atoms with E-state index in [0.717, 1.165) is 5.56 Å². The number of aromatic nitrogens is 2. The lowest BCUT2D eigenvalue weighted by atomic mass is 10.1. The average molecular weight is 204 g/mol. The Balaban J connectivity index is 2.15. The standard InChI is InChI=1S/C10H8N2O3/c13-10(14)9-5-8(12-15-9)4-7-2-1-3-11-6-7/h1-3,5-6H,4H2,(H,13,14). The summed E-state index contributed by atoms with van der Waals surface area (Å²) < 4.78 is 4.63. The fourth-order valence-corrected chi connectivity index (χ4v) is 1.21. The lowest BCUT2D eigenvalue weighted by molar-refractivity contribution is 0.0652. The van der Waals surface area contributed by atoms with E-state index in [2.05, 4.69) is 14.7 Å². The monoisotopic (exact) mass is 204 g/mol. The molecule has 2 rings (SSSR count). The first-order valence-electron chi connectivity index (χ1n) is 4.33. The summed E-state index contributed by atoms with van der Waals surface area (Å²) >= 11 is 0. The predicted molar refractivity (Wildman–Crippen MR) is 50.5 cm³/mol. The molecule has 2 aromatic rings. The highest BCUT2D eigenvalue weighted by atomic mass is 16.5. The predicted octanol–water partition coefficient (Wildman–Crippen LogP) is 1.36. The Morgan fingerprint density at radius 2 is 2.40 bits per heavy atom. The fourth-order valence-electron chi connectivity index (χ4n) is 1.21. The second-order valence-corrected chi connectivity index (χ2v) is 3.03. The van der Waals surface area contributed by atoms with Gasteiger partial charge < -0.3 is 9.63 Å². The maximum atomic E-state index is 10.5. The molecule has 76 valence electrons. The van der Waals surface area contributed by atoms with Crippen molar-refractivity contribution in [2.24, 2.45) is 0 Å². The zero-order valence-corrected chi connectivity index (χ0v) is 7.75. The summed E-state index contributed by atoms with van der Waals surface area (Å²) in [5.41, 5.74) is 1.54. The van der Waals surface area contributed by atoms with Crippen LogP contribution in [-0.2, 0) is 6.42 Å². The number of pyridine rings is 1. The summed E-state index contributed by atoms with van der Waals surface area (Å²) in [6.07, 6.45) is 3.90. The minimum Gasteiger partial charge on any atom is -0.475 e. The molecule has 0 spiro atoms. The van der Waals surface area contributed by atoms with Crippen LogP contribution >= 0.6 is 0 Å². The van der Waals surface area contributed by atoms with Crippen LogP contribution in [0.2, 0.25) is 0 Å². The van der Waals surface area contributed by atoms with Crippen LogP contribution in [0.1, 0.15) is 21.8 Å². The number of nitrogens with zero attached hydrogens (tertiary/aromatic N) is 2. The van der Waals surface area contributed by atoms with Crippen molar-refractivity contribution in [3.8, 4) is 0 Å². The zero-order valence-electron chi connectivity index (χ0n) is 7.75. The first-order valence-corrected chi connectivity index (χ1v) is 4.33. The van der Waals surface area contributed by atoms with Gasteiger partial charge in [-0.1, -0.05) is 11.2 Å². The number of hydrogen-bond acceptors (Lipinski definition) is 4. The molecule has 5 nitrogen and oxygen atoms in total. The summed E-state index contributed by atoms with van der Waals surface area (Å²) in [5, 5.41) is 12.3. The van der Waals surface area contributed by atoms with E-state index in [4.69, 9.17) is 5.11 Å². The number of rotatable bonds is 3. The molecule has 0 aliphatic carbocycles. The second kappa shape index (κ2) is 3.91. The molecule has 5 heteroatoms. The van der Waals surface area contributed by atoms with Crippen LogP contribution in [0.3, 0.4) is 0 Å². The molecule has 0 radical (unpaired) electrons. The van der Waals surface area contributed by atoms with Crippen LogP contribution in [0.5, 0.6) is 0 Å². The Bertz CT molecular complexity index is 465. The average Bonchev–Trinajstić information content (AvgIpc) is 2.68. The third-order valence-electron chi connectivity index (χ3n) is 1.88. The lowest BCUT2D eigenvalue weighted by Gasteiger charge is -1.93. The molecule has 0 aromatic carbocycles. The van der Waals surface area contributed by atoms with Crippen LogP contribution in [0.15, 0.2) is 35.1 Å². The van der Waals surface area contributed by atoms with Gasteiger partial charge in [-0.2, -0.15) is 0 Å². The summed E-state index contributed by atoms with van der Waals surface area (Å²) in [5.74, 6) is -1.26. The quantitative estimate of drug-likeness (QED) is 0.816. The van der Waals surface area contributed by atoms with Crippen molar-refractivity contribution in [1.82, 2.24) is 10.1 Å². The van der Waals surface area contributed by atoms with Gasteiger partial charge >= 0.3 is 5.97 Å². The minimum absolute atomic E-state index is 0.145. The van der Waals surface area contributed by atoms with Crippen molar-refractivity contribution in [3.05, 3.63) is 47.6 Å². The second-order valence-electron chi connectivity index (χ2n) is 3.03. The van der Waals surface area contributed by atoms with E-state index in [9.17, 15) is 4.79 Å². The van der Waals surface area contributed by atoms with Crippen LogP contribution < -0.4 is 0 Å². The third-order valence-corrected chi connectivity index (χ3v) is 1.88. The zero-order chi connectivity index (χ0) is 10.7. The smallest absolute Gasteiger partial charge is 0.374 e. The highest BCUT2D eigenvalue weighted by molar-refractivity contribution is 5.84. The van der Waals surface area contributed by atoms with E-state index in [1.165, 1.54) is 6.07 Å². The van der Waals surface area contributed by atoms with Gasteiger partial charge in [0.25, 0.3) is 0 Å². The fraction of sp³-hybridized carbons (Fsp3) is 0.100. The summed E-state index contributed by atoms with van der Waals surface area (Å²) in [4.78, 5) is 14.5. The summed E-state index contributed by atoms with van der Waals surface area (Å²) in [6, 6.07) is 5.12. The van der Waals surface area contributed by atoms with Gasteiger partial charge in [-0.25, -0.2) is 4.79 Å². The van der Waals surface area contributed by atoms with Gasteiger partial charge in [0.2, 0.25) is 5.76 Å². The van der Waals surface area contributed by atoms with Crippen molar-refractivity contribution in [1.29, 1.82) is 0 Å². The maximum Gasteiger partial charge on any atom is 0.374 e. The van der Waals surface area contributed by atoms with Crippen molar-refractivity contribution < 1.29 is 14.4 Å². The van der Waals surface area contributed by atoms with Crippen molar-refractivity contribution in [3.63, 3.8) is 0 Å². The molecule has 0 fully saturated rings. The Labute approximate surface area is 85.4 Å². The number of hydrogen-bond donors (Lipinski definition) is 1. The molecule has 0 bridgehead atoms. The van der Waals surface area contributed by atoms with E-state index in [1.54, 1.807) is 12.4 Å². The summed E-state index contributed by atoms with van der Waals surface area (Å²) in [6.45, 7) is 0. The number of carboxylic acids is 1. The Morgan fingerprint density at radius 1 is 1.53 bits per heavy atom. The molecular weight excluding hydrogens is 196 g/mol. The molecule has 0 amide bonds. The minimum atomic E-state index is -1.11. The molecule has 0 aliphatic heterocycles. The van der Waals surface area contributed by atoms with Crippen LogP contribution in [0, 0.1) is 0 Å². The molecule has 15 heavy (non-hydrogen) atoms. The Morgan fingerprint density at radius 3 is 3.00 bits per heavy atom. The van der Waals surface area contributed by atoms with Crippen LogP contribution in [-0.4, -0.2) is 21.2 Å². The molecule has 0 saturated heterocycles. The van der Waals surface area contributed by atoms with Gasteiger partial charge in [0.1, 0.15) is 0 Å². The van der Waals surface area contributed by atoms with Crippen molar-refractivity contribution in [2.45, 2.75) is 6.42 Å². The normalized spacial score (nSPS) is 10.1. The van der Waals surface area contributed by atoms with Gasteiger partial charge in [-0.05, 0) is 11.6 Å². The number of carboxylic acid groups (broad SMARTS) is 1. The third kappa shape index (κ3) is 2.19. The van der Waals surface area contributed by atoms with Gasteiger partial charge in [0, 0.05) is 24.9 Å². The van der Waals surface area contributed by atoms with Crippen LogP contribution in [0.25, 0.3) is 0 Å². The Kier molecular flexibility index (Phi) is 2.45. The van der Waals surface area contributed by atoms with E-state index < -0.39 is 5.97 Å².